The molecule has 144 valence electrons. The monoisotopic (exact) mass is 420 g/mol. The topological polar surface area (TPSA) is 85.1 Å². The number of para-hydroxylation sites is 2. The summed E-state index contributed by atoms with van der Waals surface area (Å²) in [5, 5.41) is 9.16. The van der Waals surface area contributed by atoms with Crippen molar-refractivity contribution < 1.29 is 4.79 Å². The minimum Gasteiger partial charge on any atom is -0.301 e. The van der Waals surface area contributed by atoms with E-state index in [4.69, 9.17) is 4.98 Å². The minimum atomic E-state index is -0.386. The van der Waals surface area contributed by atoms with Crippen LogP contribution in [-0.2, 0) is 4.79 Å². The molecule has 0 aliphatic heterocycles. The Balaban J connectivity index is 1.44. The van der Waals surface area contributed by atoms with Gasteiger partial charge in [-0.15, -0.1) is 5.10 Å². The number of carbonyl (C=O) groups excluding carboxylic acids is 1. The Hall–Kier alpha value is -3.04. The molecule has 1 amide bonds. The van der Waals surface area contributed by atoms with Gasteiger partial charge in [-0.05, 0) is 38.1 Å². The van der Waals surface area contributed by atoms with Crippen molar-refractivity contribution in [3.63, 3.8) is 0 Å². The number of aromatic nitrogens is 5. The van der Waals surface area contributed by atoms with E-state index in [9.17, 15) is 4.79 Å². The molecule has 3 aromatic heterocycles. The average Bonchev–Trinajstić information content (AvgIpc) is 3.30. The highest BCUT2D eigenvalue weighted by Crippen LogP contribution is 2.29. The maximum Gasteiger partial charge on any atom is 0.239 e. The first-order chi connectivity index (χ1) is 14.1. The number of thiazole rings is 1. The van der Waals surface area contributed by atoms with Gasteiger partial charge in [-0.2, -0.15) is 4.52 Å². The van der Waals surface area contributed by atoms with Gasteiger partial charge >= 0.3 is 0 Å². The van der Waals surface area contributed by atoms with Crippen LogP contribution in [0.5, 0.6) is 0 Å². The molecular weight excluding hydrogens is 404 g/mol. The van der Waals surface area contributed by atoms with Gasteiger partial charge in [0.1, 0.15) is 5.82 Å². The second-order valence-corrected chi connectivity index (χ2v) is 8.88. The van der Waals surface area contributed by atoms with Crippen molar-refractivity contribution >= 4 is 60.9 Å². The van der Waals surface area contributed by atoms with Gasteiger partial charge in [0.2, 0.25) is 5.91 Å². The molecule has 0 saturated heterocycles. The molecule has 0 aliphatic rings. The highest BCUT2D eigenvalue weighted by molar-refractivity contribution is 8.00. The number of hydrogen-bond acceptors (Lipinski definition) is 7. The van der Waals surface area contributed by atoms with Gasteiger partial charge in [0.15, 0.2) is 15.9 Å². The zero-order valence-corrected chi connectivity index (χ0v) is 17.3. The number of nitrogens with one attached hydrogen (secondary N) is 1. The first kappa shape index (κ1) is 18.0. The van der Waals surface area contributed by atoms with E-state index < -0.39 is 0 Å². The van der Waals surface area contributed by atoms with Crippen LogP contribution in [0.4, 0.5) is 5.13 Å². The number of anilines is 1. The summed E-state index contributed by atoms with van der Waals surface area (Å²) in [5.74, 6) is 0.533. The fourth-order valence-electron chi connectivity index (χ4n) is 3.05. The molecule has 0 spiro atoms. The van der Waals surface area contributed by atoms with Crippen molar-refractivity contribution in [2.75, 3.05) is 5.32 Å². The quantitative estimate of drug-likeness (QED) is 0.344. The molecule has 0 radical (unpaired) electrons. The highest BCUT2D eigenvalue weighted by atomic mass is 32.2. The summed E-state index contributed by atoms with van der Waals surface area (Å²) >= 11 is 2.81. The van der Waals surface area contributed by atoms with Gasteiger partial charge in [-0.3, -0.25) is 4.79 Å². The van der Waals surface area contributed by atoms with Gasteiger partial charge in [0.05, 0.1) is 21.0 Å². The van der Waals surface area contributed by atoms with E-state index in [2.05, 4.69) is 20.4 Å². The van der Waals surface area contributed by atoms with E-state index >= 15 is 0 Å². The maximum atomic E-state index is 12.8. The molecule has 5 rings (SSSR count). The van der Waals surface area contributed by atoms with Gasteiger partial charge in [-0.25, -0.2) is 15.0 Å². The standard InChI is InChI=1S/C20H16N6OS2/c1-11(18(27)24-19-22-15-9-5-6-10-16(15)29-19)28-20-23-14-8-4-3-7-13(14)17-21-12(2)25-26(17)20/h3-11H,1-2H3,(H,22,24,27). The molecule has 1 unspecified atom stereocenters. The van der Waals surface area contributed by atoms with Crippen LogP contribution in [0.25, 0.3) is 26.8 Å². The number of amides is 1. The van der Waals surface area contributed by atoms with Crippen LogP contribution < -0.4 is 5.32 Å². The molecule has 7 nitrogen and oxygen atoms in total. The number of carbonyl (C=O) groups is 1. The smallest absolute Gasteiger partial charge is 0.239 e. The molecule has 3 heterocycles. The van der Waals surface area contributed by atoms with Crippen LogP contribution in [0.2, 0.25) is 0 Å². The summed E-state index contributed by atoms with van der Waals surface area (Å²) in [4.78, 5) is 26.5. The van der Waals surface area contributed by atoms with E-state index in [-0.39, 0.29) is 11.2 Å². The lowest BCUT2D eigenvalue weighted by atomic mass is 10.2. The number of benzene rings is 2. The van der Waals surface area contributed by atoms with Crippen molar-refractivity contribution in [1.82, 2.24) is 24.6 Å². The van der Waals surface area contributed by atoms with E-state index in [1.54, 1.807) is 4.52 Å². The first-order valence-electron chi connectivity index (χ1n) is 9.04. The summed E-state index contributed by atoms with van der Waals surface area (Å²) in [7, 11) is 0. The van der Waals surface area contributed by atoms with E-state index in [0.29, 0.717) is 16.1 Å². The Morgan fingerprint density at radius 2 is 1.83 bits per heavy atom. The van der Waals surface area contributed by atoms with E-state index in [1.165, 1.54) is 23.1 Å². The molecule has 29 heavy (non-hydrogen) atoms. The largest absolute Gasteiger partial charge is 0.301 e. The van der Waals surface area contributed by atoms with Crippen molar-refractivity contribution in [1.29, 1.82) is 0 Å². The minimum absolute atomic E-state index is 0.131. The lowest BCUT2D eigenvalue weighted by Crippen LogP contribution is -2.22. The fraction of sp³-hybridized carbons (Fsp3) is 0.150. The van der Waals surface area contributed by atoms with Crippen molar-refractivity contribution in [2.24, 2.45) is 0 Å². The number of hydrogen-bond donors (Lipinski definition) is 1. The Morgan fingerprint density at radius 1 is 1.07 bits per heavy atom. The van der Waals surface area contributed by atoms with Gasteiger partial charge in [0, 0.05) is 5.39 Å². The van der Waals surface area contributed by atoms with E-state index in [1.807, 2.05) is 62.4 Å². The molecule has 5 aromatic rings. The SMILES string of the molecule is Cc1nc2c3ccccc3nc(SC(C)C(=O)Nc3nc4ccccc4s3)n2n1. The molecule has 0 fully saturated rings. The predicted molar refractivity (Wildman–Crippen MR) is 117 cm³/mol. The Morgan fingerprint density at radius 3 is 2.66 bits per heavy atom. The summed E-state index contributed by atoms with van der Waals surface area (Å²) < 4.78 is 2.75. The van der Waals surface area contributed by atoms with Crippen LogP contribution in [-0.4, -0.2) is 35.7 Å². The molecular formula is C20H16N6OS2. The summed E-state index contributed by atoms with van der Waals surface area (Å²) in [6.07, 6.45) is 0. The molecule has 2 aromatic carbocycles. The summed E-state index contributed by atoms with van der Waals surface area (Å²) in [6, 6.07) is 15.6. The number of rotatable bonds is 4. The third-order valence-electron chi connectivity index (χ3n) is 4.43. The summed E-state index contributed by atoms with van der Waals surface area (Å²) in [6.45, 7) is 3.69. The number of nitrogens with zero attached hydrogens (tertiary/aromatic N) is 5. The Bertz CT molecular complexity index is 1340. The second kappa shape index (κ2) is 7.09. The lowest BCUT2D eigenvalue weighted by molar-refractivity contribution is -0.115. The van der Waals surface area contributed by atoms with Gasteiger partial charge in [-0.1, -0.05) is 47.4 Å². The first-order valence-corrected chi connectivity index (χ1v) is 10.7. The van der Waals surface area contributed by atoms with Crippen LogP contribution in [0.1, 0.15) is 12.7 Å². The number of fused-ring (bicyclic) bond motifs is 4. The maximum absolute atomic E-state index is 12.8. The van der Waals surface area contributed by atoms with Crippen molar-refractivity contribution in [3.05, 3.63) is 54.4 Å². The van der Waals surface area contributed by atoms with E-state index in [0.717, 1.165) is 26.8 Å². The summed E-state index contributed by atoms with van der Waals surface area (Å²) in [5.41, 5.74) is 2.45. The molecule has 0 bridgehead atoms. The normalized spacial score (nSPS) is 12.6. The third kappa shape index (κ3) is 3.32. The number of aryl methyl sites for hydroxylation is 1. The predicted octanol–water partition coefficient (Wildman–Crippen LogP) is 4.31. The lowest BCUT2D eigenvalue weighted by Gasteiger charge is -2.11. The third-order valence-corrected chi connectivity index (χ3v) is 6.43. The molecule has 0 aliphatic carbocycles. The Kier molecular flexibility index (Phi) is 4.40. The second-order valence-electron chi connectivity index (χ2n) is 6.54. The van der Waals surface area contributed by atoms with Gasteiger partial charge < -0.3 is 5.32 Å². The molecule has 9 heteroatoms. The molecule has 0 saturated carbocycles. The molecule has 1 atom stereocenters. The molecule has 1 N–H and O–H groups in total. The van der Waals surface area contributed by atoms with Crippen molar-refractivity contribution in [2.45, 2.75) is 24.3 Å². The Labute approximate surface area is 174 Å². The fourth-order valence-corrected chi connectivity index (χ4v) is 4.78. The van der Waals surface area contributed by atoms with Gasteiger partial charge in [0.25, 0.3) is 0 Å². The highest BCUT2D eigenvalue weighted by Gasteiger charge is 2.20. The van der Waals surface area contributed by atoms with Crippen LogP contribution in [0.15, 0.2) is 53.7 Å². The van der Waals surface area contributed by atoms with Crippen LogP contribution in [0, 0.1) is 6.92 Å². The zero-order valence-electron chi connectivity index (χ0n) is 15.7. The average molecular weight is 421 g/mol. The number of thioether (sulfide) groups is 1. The van der Waals surface area contributed by atoms with Crippen LogP contribution >= 0.6 is 23.1 Å². The van der Waals surface area contributed by atoms with Crippen molar-refractivity contribution in [3.8, 4) is 0 Å². The zero-order chi connectivity index (χ0) is 20.0. The van der Waals surface area contributed by atoms with Crippen LogP contribution in [0.3, 0.4) is 0 Å².